The summed E-state index contributed by atoms with van der Waals surface area (Å²) in [6, 6.07) is 0.618. The summed E-state index contributed by atoms with van der Waals surface area (Å²) in [4.78, 5) is 2.36. The quantitative estimate of drug-likeness (QED) is 0.787. The molecular weight excluding hydrogens is 270 g/mol. The molecule has 2 aliphatic rings. The fraction of sp³-hybridized carbons (Fsp3) is 1.00. The number of ether oxygens (including phenoxy) is 3. The first-order valence-electron chi connectivity index (χ1n) is 8.48. The van der Waals surface area contributed by atoms with E-state index >= 15 is 0 Å². The molecule has 2 rings (SSSR count). The summed E-state index contributed by atoms with van der Waals surface area (Å²) in [5.41, 5.74) is 0. The molecule has 0 unspecified atom stereocenters. The van der Waals surface area contributed by atoms with Crippen LogP contribution in [0.4, 0.5) is 0 Å². The summed E-state index contributed by atoms with van der Waals surface area (Å²) in [5.74, 6) is 0.274. The highest BCUT2D eigenvalue weighted by Gasteiger charge is 2.22. The van der Waals surface area contributed by atoms with E-state index in [2.05, 4.69) is 4.90 Å². The van der Waals surface area contributed by atoms with Gasteiger partial charge in [-0.3, -0.25) is 4.90 Å². The Morgan fingerprint density at radius 3 is 2.19 bits per heavy atom. The van der Waals surface area contributed by atoms with Crippen LogP contribution in [-0.4, -0.2) is 62.5 Å². The van der Waals surface area contributed by atoms with E-state index in [0.29, 0.717) is 45.9 Å². The smallest absolute Gasteiger partial charge is 0.101 e. The van der Waals surface area contributed by atoms with Gasteiger partial charge in [-0.25, -0.2) is 0 Å². The highest BCUT2D eigenvalue weighted by molar-refractivity contribution is 4.72. The van der Waals surface area contributed by atoms with Crippen molar-refractivity contribution in [2.24, 2.45) is 5.92 Å². The summed E-state index contributed by atoms with van der Waals surface area (Å²) in [6.07, 6.45) is 9.35. The Morgan fingerprint density at radius 1 is 0.952 bits per heavy atom. The lowest BCUT2D eigenvalue weighted by Gasteiger charge is -2.35. The van der Waals surface area contributed by atoms with Crippen LogP contribution in [0.1, 0.15) is 44.9 Å². The molecule has 124 valence electrons. The summed E-state index contributed by atoms with van der Waals surface area (Å²) in [5, 5.41) is 8.72. The second-order valence-electron chi connectivity index (χ2n) is 6.25. The van der Waals surface area contributed by atoms with Crippen molar-refractivity contribution >= 4 is 0 Å². The Hall–Kier alpha value is -0.200. The van der Waals surface area contributed by atoms with Gasteiger partial charge < -0.3 is 19.3 Å². The van der Waals surface area contributed by atoms with Crippen LogP contribution in [-0.2, 0) is 14.2 Å². The summed E-state index contributed by atoms with van der Waals surface area (Å²) in [7, 11) is 0. The van der Waals surface area contributed by atoms with Crippen molar-refractivity contribution in [1.29, 1.82) is 0 Å². The number of aliphatic hydroxyl groups excluding tert-OH is 1. The Bertz CT molecular complexity index is 247. The SMILES string of the molecule is OCCOCC1COCN(C2CCCCCCC2)COC1. The zero-order valence-corrected chi connectivity index (χ0v) is 13.2. The number of aliphatic hydroxyl groups is 1. The van der Waals surface area contributed by atoms with Gasteiger partial charge in [-0.1, -0.05) is 32.1 Å². The van der Waals surface area contributed by atoms with Gasteiger partial charge in [0.2, 0.25) is 0 Å². The number of hydrogen-bond donors (Lipinski definition) is 1. The fourth-order valence-corrected chi connectivity index (χ4v) is 3.18. The molecule has 0 radical (unpaired) electrons. The second-order valence-corrected chi connectivity index (χ2v) is 6.25. The monoisotopic (exact) mass is 301 g/mol. The minimum absolute atomic E-state index is 0.0733. The standard InChI is InChI=1S/C16H31NO4/c18-8-9-19-10-15-11-20-13-17(14-21-12-15)16-6-4-2-1-3-5-7-16/h15-16,18H,1-14H2. The third kappa shape index (κ3) is 6.61. The number of nitrogens with zero attached hydrogens (tertiary/aromatic N) is 1. The zero-order chi connectivity index (χ0) is 14.8. The molecular formula is C16H31NO4. The topological polar surface area (TPSA) is 51.2 Å². The van der Waals surface area contributed by atoms with E-state index in [0.717, 1.165) is 0 Å². The van der Waals surface area contributed by atoms with Gasteiger partial charge >= 0.3 is 0 Å². The first kappa shape index (κ1) is 17.2. The first-order chi connectivity index (χ1) is 10.4. The molecule has 0 spiro atoms. The zero-order valence-electron chi connectivity index (χ0n) is 13.2. The lowest BCUT2D eigenvalue weighted by molar-refractivity contribution is -0.125. The van der Waals surface area contributed by atoms with E-state index in [1.54, 1.807) is 0 Å². The molecule has 0 aromatic carbocycles. The molecule has 21 heavy (non-hydrogen) atoms. The van der Waals surface area contributed by atoms with E-state index in [4.69, 9.17) is 19.3 Å². The van der Waals surface area contributed by atoms with Gasteiger partial charge in [0, 0.05) is 12.0 Å². The van der Waals surface area contributed by atoms with Crippen LogP contribution >= 0.6 is 0 Å². The Labute approximate surface area is 128 Å². The molecule has 0 aromatic rings. The fourth-order valence-electron chi connectivity index (χ4n) is 3.18. The largest absolute Gasteiger partial charge is 0.394 e. The van der Waals surface area contributed by atoms with Crippen molar-refractivity contribution in [1.82, 2.24) is 4.90 Å². The van der Waals surface area contributed by atoms with E-state index < -0.39 is 0 Å². The van der Waals surface area contributed by atoms with Gasteiger partial charge in [0.1, 0.15) is 13.5 Å². The number of rotatable bonds is 5. The van der Waals surface area contributed by atoms with Crippen LogP contribution in [0.25, 0.3) is 0 Å². The average Bonchev–Trinajstić information content (AvgIpc) is 2.42. The molecule has 2 fully saturated rings. The van der Waals surface area contributed by atoms with Gasteiger partial charge in [-0.2, -0.15) is 0 Å². The third-order valence-electron chi connectivity index (χ3n) is 4.40. The van der Waals surface area contributed by atoms with Crippen LogP contribution in [0.5, 0.6) is 0 Å². The van der Waals surface area contributed by atoms with Crippen LogP contribution in [0.2, 0.25) is 0 Å². The second kappa shape index (κ2) is 10.5. The Balaban J connectivity index is 1.70. The highest BCUT2D eigenvalue weighted by Crippen LogP contribution is 2.22. The van der Waals surface area contributed by atoms with Gasteiger partial charge in [0.25, 0.3) is 0 Å². The first-order valence-corrected chi connectivity index (χ1v) is 8.48. The summed E-state index contributed by atoms with van der Waals surface area (Å²) in [6.45, 7) is 3.75. The van der Waals surface area contributed by atoms with E-state index in [-0.39, 0.29) is 12.5 Å². The summed E-state index contributed by atoms with van der Waals surface area (Å²) < 4.78 is 17.1. The molecule has 5 heteroatoms. The van der Waals surface area contributed by atoms with Gasteiger partial charge in [-0.15, -0.1) is 0 Å². The van der Waals surface area contributed by atoms with Crippen LogP contribution < -0.4 is 0 Å². The molecule has 1 N–H and O–H groups in total. The van der Waals surface area contributed by atoms with Crippen molar-refractivity contribution in [3.8, 4) is 0 Å². The molecule has 1 saturated carbocycles. The highest BCUT2D eigenvalue weighted by atomic mass is 16.5. The lowest BCUT2D eigenvalue weighted by Crippen LogP contribution is -2.42. The van der Waals surface area contributed by atoms with E-state index in [9.17, 15) is 0 Å². The molecule has 1 aliphatic heterocycles. The van der Waals surface area contributed by atoms with Crippen molar-refractivity contribution in [3.05, 3.63) is 0 Å². The van der Waals surface area contributed by atoms with Crippen molar-refractivity contribution in [2.45, 2.75) is 51.0 Å². The molecule has 0 amide bonds. The van der Waals surface area contributed by atoms with Crippen molar-refractivity contribution < 1.29 is 19.3 Å². The van der Waals surface area contributed by atoms with Crippen LogP contribution in [0, 0.1) is 5.92 Å². The Morgan fingerprint density at radius 2 is 1.57 bits per heavy atom. The van der Waals surface area contributed by atoms with Crippen LogP contribution in [0.3, 0.4) is 0 Å². The van der Waals surface area contributed by atoms with Gasteiger partial charge in [0.05, 0.1) is 33.0 Å². The van der Waals surface area contributed by atoms with E-state index in [1.807, 2.05) is 0 Å². The summed E-state index contributed by atoms with van der Waals surface area (Å²) >= 11 is 0. The molecule has 0 aromatic heterocycles. The molecule has 0 atom stereocenters. The van der Waals surface area contributed by atoms with Crippen LogP contribution in [0.15, 0.2) is 0 Å². The predicted octanol–water partition coefficient (Wildman–Crippen LogP) is 1.99. The minimum Gasteiger partial charge on any atom is -0.394 e. The van der Waals surface area contributed by atoms with Crippen molar-refractivity contribution in [3.63, 3.8) is 0 Å². The Kier molecular flexibility index (Phi) is 8.59. The average molecular weight is 301 g/mol. The van der Waals surface area contributed by atoms with E-state index in [1.165, 1.54) is 44.9 Å². The minimum atomic E-state index is 0.0733. The molecule has 1 saturated heterocycles. The maximum atomic E-state index is 8.72. The number of hydrogen-bond acceptors (Lipinski definition) is 5. The molecule has 1 aliphatic carbocycles. The maximum absolute atomic E-state index is 8.72. The van der Waals surface area contributed by atoms with Crippen molar-refractivity contribution in [2.75, 3.05) is 46.5 Å². The van der Waals surface area contributed by atoms with Gasteiger partial charge in [0.15, 0.2) is 0 Å². The molecule has 5 nitrogen and oxygen atoms in total. The predicted molar refractivity (Wildman–Crippen MR) is 81.0 cm³/mol. The lowest BCUT2D eigenvalue weighted by atomic mass is 9.96. The normalized spacial score (nSPS) is 25.0. The maximum Gasteiger partial charge on any atom is 0.101 e. The molecule has 0 bridgehead atoms. The van der Waals surface area contributed by atoms with Gasteiger partial charge in [-0.05, 0) is 12.8 Å². The third-order valence-corrected chi connectivity index (χ3v) is 4.40. The molecule has 1 heterocycles.